The molecular formula is C35H41NO8. The number of carbonyl (C=O) groups is 3. The molecule has 3 aromatic carbocycles. The van der Waals surface area contributed by atoms with E-state index in [1.807, 2.05) is 54.6 Å². The van der Waals surface area contributed by atoms with Crippen molar-refractivity contribution >= 4 is 17.8 Å². The third-order valence-electron chi connectivity index (χ3n) is 7.63. The number of nitrogens with one attached hydrogen (secondary N) is 1. The zero-order chi connectivity index (χ0) is 31.1. The number of ether oxygens (including phenoxy) is 4. The van der Waals surface area contributed by atoms with Crippen LogP contribution >= 0.6 is 0 Å². The average Bonchev–Trinajstić information content (AvgIpc) is 3.05. The van der Waals surface area contributed by atoms with Crippen LogP contribution in [0.2, 0.25) is 0 Å². The van der Waals surface area contributed by atoms with Crippen LogP contribution in [0.25, 0.3) is 0 Å². The number of unbranched alkanes of at least 4 members (excludes halogenated alkanes) is 1. The van der Waals surface area contributed by atoms with Gasteiger partial charge in [-0.05, 0) is 93.0 Å². The van der Waals surface area contributed by atoms with E-state index in [4.69, 9.17) is 18.9 Å². The van der Waals surface area contributed by atoms with Crippen molar-refractivity contribution in [1.29, 1.82) is 0 Å². The second kappa shape index (κ2) is 16.9. The van der Waals surface area contributed by atoms with Crippen LogP contribution in [0.1, 0.15) is 71.2 Å². The molecule has 2 unspecified atom stereocenters. The molecule has 44 heavy (non-hydrogen) atoms. The lowest BCUT2D eigenvalue weighted by molar-refractivity contribution is -0.146. The van der Waals surface area contributed by atoms with Crippen molar-refractivity contribution in [2.24, 2.45) is 5.92 Å². The molecular weight excluding hydrogens is 562 g/mol. The van der Waals surface area contributed by atoms with Gasteiger partial charge in [0, 0.05) is 6.04 Å². The normalized spacial score (nSPS) is 16.0. The van der Waals surface area contributed by atoms with E-state index in [1.165, 1.54) is 25.3 Å². The van der Waals surface area contributed by atoms with Gasteiger partial charge in [0.05, 0.1) is 44.0 Å². The fourth-order valence-electron chi connectivity index (χ4n) is 5.24. The number of amides is 1. The molecule has 1 saturated carbocycles. The van der Waals surface area contributed by atoms with Gasteiger partial charge >= 0.3 is 11.9 Å². The number of carboxylic acids is 1. The lowest BCUT2D eigenvalue weighted by atomic mass is 9.85. The molecule has 4 rings (SSSR count). The minimum atomic E-state index is -1.13. The average molecular weight is 604 g/mol. The first-order chi connectivity index (χ1) is 21.4. The van der Waals surface area contributed by atoms with E-state index in [-0.39, 0.29) is 29.1 Å². The molecule has 1 aliphatic rings. The number of rotatable bonds is 16. The predicted octanol–water partition coefficient (Wildman–Crippen LogP) is 6.10. The van der Waals surface area contributed by atoms with Gasteiger partial charge < -0.3 is 29.4 Å². The second-order valence-electron chi connectivity index (χ2n) is 10.9. The Balaban J connectivity index is 1.21. The van der Waals surface area contributed by atoms with Crippen molar-refractivity contribution in [2.45, 2.75) is 57.4 Å². The number of carboxylic acid groups (broad SMARTS) is 1. The molecule has 0 saturated heterocycles. The van der Waals surface area contributed by atoms with E-state index in [9.17, 15) is 19.5 Å². The summed E-state index contributed by atoms with van der Waals surface area (Å²) in [5.41, 5.74) is 1.30. The van der Waals surface area contributed by atoms with Gasteiger partial charge in [0.25, 0.3) is 5.91 Å². The molecule has 0 heterocycles. The number of esters is 1. The van der Waals surface area contributed by atoms with Crippen LogP contribution in [0.5, 0.6) is 17.2 Å². The van der Waals surface area contributed by atoms with Crippen molar-refractivity contribution in [3.8, 4) is 17.2 Å². The molecule has 0 radical (unpaired) electrons. The maximum Gasteiger partial charge on any atom is 0.335 e. The topological polar surface area (TPSA) is 120 Å². The summed E-state index contributed by atoms with van der Waals surface area (Å²) in [6.45, 7) is 1.63. The Morgan fingerprint density at radius 3 is 2.18 bits per heavy atom. The summed E-state index contributed by atoms with van der Waals surface area (Å²) in [4.78, 5) is 36.8. The molecule has 3 aromatic rings. The fraction of sp³-hybridized carbons (Fsp3) is 0.400. The minimum Gasteiger partial charge on any atom is -0.494 e. The van der Waals surface area contributed by atoms with E-state index < -0.39 is 11.9 Å². The highest BCUT2D eigenvalue weighted by atomic mass is 16.5. The van der Waals surface area contributed by atoms with Gasteiger partial charge in [-0.15, -0.1) is 0 Å². The highest BCUT2D eigenvalue weighted by Crippen LogP contribution is 2.27. The largest absolute Gasteiger partial charge is 0.494 e. The highest BCUT2D eigenvalue weighted by Gasteiger charge is 2.29. The second-order valence-corrected chi connectivity index (χ2v) is 10.9. The molecule has 2 N–H and O–H groups in total. The number of para-hydroxylation sites is 1. The standard InChI is InChI=1S/C35H41NO8/c1-41-35(40)27-10-7-11-28(23-27)36-33(37)31-24-26(34(38)39)16-19-32(31)44-22-8-9-25-14-17-30(18-15-25)43-21-6-5-20-42-29-12-3-2-4-13-29/h2-4,12-19,24,27-28H,5-11,20-23H2,1H3,(H,36,37)(H,38,39). The SMILES string of the molecule is COC(=O)C1CCCC(NC(=O)c2cc(C(=O)O)ccc2OCCCc2ccc(OCCCCOc3ccccc3)cc2)C1. The number of benzene rings is 3. The summed E-state index contributed by atoms with van der Waals surface area (Å²) in [6, 6.07) is 21.8. The quantitative estimate of drug-likeness (QED) is 0.149. The molecule has 2 atom stereocenters. The number of carbonyl (C=O) groups excluding carboxylic acids is 2. The van der Waals surface area contributed by atoms with Crippen molar-refractivity contribution in [2.75, 3.05) is 26.9 Å². The lowest BCUT2D eigenvalue weighted by Gasteiger charge is -2.28. The molecule has 0 aliphatic heterocycles. The van der Waals surface area contributed by atoms with Crippen LogP contribution in [0.4, 0.5) is 0 Å². The van der Waals surface area contributed by atoms with E-state index >= 15 is 0 Å². The van der Waals surface area contributed by atoms with Crippen LogP contribution in [0.3, 0.4) is 0 Å². The van der Waals surface area contributed by atoms with E-state index in [0.717, 1.165) is 55.6 Å². The Kier molecular flexibility index (Phi) is 12.5. The molecule has 1 aliphatic carbocycles. The van der Waals surface area contributed by atoms with Gasteiger partial charge in [-0.25, -0.2) is 4.79 Å². The van der Waals surface area contributed by atoms with Crippen molar-refractivity contribution in [1.82, 2.24) is 5.32 Å². The molecule has 1 fully saturated rings. The third kappa shape index (κ3) is 10.0. The van der Waals surface area contributed by atoms with Crippen molar-refractivity contribution in [3.63, 3.8) is 0 Å². The van der Waals surface area contributed by atoms with Crippen molar-refractivity contribution < 1.29 is 38.4 Å². The summed E-state index contributed by atoms with van der Waals surface area (Å²) in [5.74, 6) is -0.0570. The molecule has 234 valence electrons. The van der Waals surface area contributed by atoms with Gasteiger partial charge in [0.1, 0.15) is 17.2 Å². The van der Waals surface area contributed by atoms with Crippen LogP contribution in [0.15, 0.2) is 72.8 Å². The van der Waals surface area contributed by atoms with E-state index in [0.29, 0.717) is 38.4 Å². The molecule has 0 spiro atoms. The lowest BCUT2D eigenvalue weighted by Crippen LogP contribution is -2.40. The van der Waals surface area contributed by atoms with Gasteiger partial charge in [0.15, 0.2) is 0 Å². The number of aromatic carboxylic acids is 1. The van der Waals surface area contributed by atoms with Crippen LogP contribution < -0.4 is 19.5 Å². The smallest absolute Gasteiger partial charge is 0.335 e. The first kappa shape index (κ1) is 32.4. The first-order valence-electron chi connectivity index (χ1n) is 15.2. The predicted molar refractivity (Wildman–Crippen MR) is 166 cm³/mol. The summed E-state index contributed by atoms with van der Waals surface area (Å²) >= 11 is 0. The summed E-state index contributed by atoms with van der Waals surface area (Å²) < 4.78 is 22.4. The Labute approximate surface area is 258 Å². The third-order valence-corrected chi connectivity index (χ3v) is 7.63. The maximum absolute atomic E-state index is 13.2. The van der Waals surface area contributed by atoms with Crippen LogP contribution in [-0.2, 0) is 16.0 Å². The maximum atomic E-state index is 13.2. The minimum absolute atomic E-state index is 0.00130. The van der Waals surface area contributed by atoms with Gasteiger partial charge in [0.2, 0.25) is 0 Å². The number of hydrogen-bond acceptors (Lipinski definition) is 7. The zero-order valence-corrected chi connectivity index (χ0v) is 25.2. The van der Waals surface area contributed by atoms with E-state index in [2.05, 4.69) is 5.32 Å². The summed E-state index contributed by atoms with van der Waals surface area (Å²) in [6.07, 6.45) is 6.02. The fourth-order valence-corrected chi connectivity index (χ4v) is 5.24. The zero-order valence-electron chi connectivity index (χ0n) is 25.2. The van der Waals surface area contributed by atoms with Crippen LogP contribution in [0, 0.1) is 5.92 Å². The monoisotopic (exact) mass is 603 g/mol. The summed E-state index contributed by atoms with van der Waals surface area (Å²) in [5, 5.41) is 12.4. The Morgan fingerprint density at radius 2 is 1.50 bits per heavy atom. The van der Waals surface area contributed by atoms with Gasteiger partial charge in [-0.2, -0.15) is 0 Å². The molecule has 0 aromatic heterocycles. The first-order valence-corrected chi connectivity index (χ1v) is 15.2. The Morgan fingerprint density at radius 1 is 0.818 bits per heavy atom. The Hall–Kier alpha value is -4.53. The van der Waals surface area contributed by atoms with E-state index in [1.54, 1.807) is 0 Å². The van der Waals surface area contributed by atoms with Gasteiger partial charge in [-0.1, -0.05) is 36.8 Å². The van der Waals surface area contributed by atoms with Crippen LogP contribution in [-0.4, -0.2) is 55.9 Å². The van der Waals surface area contributed by atoms with Gasteiger partial charge in [-0.3, -0.25) is 9.59 Å². The summed E-state index contributed by atoms with van der Waals surface area (Å²) in [7, 11) is 1.36. The number of methoxy groups -OCH3 is 1. The van der Waals surface area contributed by atoms with Crippen molar-refractivity contribution in [3.05, 3.63) is 89.5 Å². The molecule has 9 nitrogen and oxygen atoms in total. The number of aryl methyl sites for hydroxylation is 1. The molecule has 0 bridgehead atoms. The Bertz CT molecular complexity index is 1360. The molecule has 1 amide bonds. The molecule has 9 heteroatoms. The number of hydrogen-bond donors (Lipinski definition) is 2. The highest BCUT2D eigenvalue weighted by molar-refractivity contribution is 6.00.